The normalized spacial score (nSPS) is 29.0. The number of benzene rings is 1. The fraction of sp³-hybridized carbons (Fsp3) is 0.760. The zero-order valence-electron chi connectivity index (χ0n) is 17.2. The molecule has 0 aromatic heterocycles. The summed E-state index contributed by atoms with van der Waals surface area (Å²) in [6.07, 6.45) is 19.6. The minimum atomic E-state index is -0.262. The van der Waals surface area contributed by atoms with Gasteiger partial charge in [-0.1, -0.05) is 88.8 Å². The molecule has 0 aliphatic heterocycles. The van der Waals surface area contributed by atoms with Crippen molar-refractivity contribution >= 4 is 11.6 Å². The Balaban J connectivity index is 1.32. The van der Waals surface area contributed by atoms with Crippen LogP contribution in [0.2, 0.25) is 5.02 Å². The second-order valence-electron chi connectivity index (χ2n) is 9.35. The Bertz CT molecular complexity index is 553. The molecule has 2 aliphatic rings. The summed E-state index contributed by atoms with van der Waals surface area (Å²) in [5, 5.41) is 0.243. The number of hydrogen-bond donors (Lipinski definition) is 0. The van der Waals surface area contributed by atoms with Crippen LogP contribution in [0.15, 0.2) is 18.2 Å². The number of rotatable bonds is 8. The van der Waals surface area contributed by atoms with Crippen LogP contribution in [-0.2, 0) is 0 Å². The highest BCUT2D eigenvalue weighted by Gasteiger charge is 2.25. The van der Waals surface area contributed by atoms with E-state index in [9.17, 15) is 4.39 Å². The lowest BCUT2D eigenvalue weighted by molar-refractivity contribution is 0.222. The Morgan fingerprint density at radius 2 is 1.37 bits per heavy atom. The first-order valence-electron chi connectivity index (χ1n) is 11.6. The summed E-state index contributed by atoms with van der Waals surface area (Å²) in [5.41, 5.74) is 1.15. The van der Waals surface area contributed by atoms with E-state index < -0.39 is 0 Å². The van der Waals surface area contributed by atoms with Gasteiger partial charge in [0, 0.05) is 0 Å². The molecule has 1 aromatic carbocycles. The van der Waals surface area contributed by atoms with Gasteiger partial charge in [-0.15, -0.1) is 0 Å². The molecule has 0 unspecified atom stereocenters. The SMILES string of the molecule is CCCCC[C@H]1CC[C@H](CC[C@H]2CC[C@H](c3ccc(Cl)c(F)c3)CC2)CC1. The van der Waals surface area contributed by atoms with Gasteiger partial charge in [-0.25, -0.2) is 4.39 Å². The lowest BCUT2D eigenvalue weighted by atomic mass is 9.74. The van der Waals surface area contributed by atoms with E-state index in [0.29, 0.717) is 5.92 Å². The lowest BCUT2D eigenvalue weighted by Crippen LogP contribution is -2.18. The van der Waals surface area contributed by atoms with Crippen molar-refractivity contribution in [3.63, 3.8) is 0 Å². The molecular weight excluding hydrogens is 355 g/mol. The molecule has 2 heteroatoms. The van der Waals surface area contributed by atoms with Crippen molar-refractivity contribution in [1.82, 2.24) is 0 Å². The Hall–Kier alpha value is -0.560. The van der Waals surface area contributed by atoms with Crippen LogP contribution in [0.5, 0.6) is 0 Å². The van der Waals surface area contributed by atoms with Crippen LogP contribution in [0.1, 0.15) is 108 Å². The monoisotopic (exact) mass is 392 g/mol. The van der Waals surface area contributed by atoms with E-state index in [1.807, 2.05) is 6.07 Å². The summed E-state index contributed by atoms with van der Waals surface area (Å²) in [6.45, 7) is 2.30. The second-order valence-corrected chi connectivity index (χ2v) is 9.76. The van der Waals surface area contributed by atoms with Gasteiger partial charge in [-0.3, -0.25) is 0 Å². The van der Waals surface area contributed by atoms with Crippen molar-refractivity contribution < 1.29 is 4.39 Å². The van der Waals surface area contributed by atoms with E-state index >= 15 is 0 Å². The highest BCUT2D eigenvalue weighted by atomic mass is 35.5. The van der Waals surface area contributed by atoms with Crippen LogP contribution >= 0.6 is 11.6 Å². The first-order chi connectivity index (χ1) is 13.2. The van der Waals surface area contributed by atoms with Gasteiger partial charge < -0.3 is 0 Å². The molecule has 2 aliphatic carbocycles. The molecule has 0 heterocycles. The Morgan fingerprint density at radius 1 is 0.815 bits per heavy atom. The molecule has 0 saturated heterocycles. The molecule has 27 heavy (non-hydrogen) atoms. The van der Waals surface area contributed by atoms with Crippen molar-refractivity contribution in [2.75, 3.05) is 0 Å². The number of halogens is 2. The molecule has 152 valence electrons. The van der Waals surface area contributed by atoms with Gasteiger partial charge in [0.15, 0.2) is 0 Å². The molecule has 0 N–H and O–H groups in total. The molecule has 0 nitrogen and oxygen atoms in total. The van der Waals surface area contributed by atoms with Crippen molar-refractivity contribution in [2.24, 2.45) is 17.8 Å². The fourth-order valence-corrected chi connectivity index (χ4v) is 5.63. The molecule has 2 fully saturated rings. The van der Waals surface area contributed by atoms with Crippen molar-refractivity contribution in [2.45, 2.75) is 103 Å². The van der Waals surface area contributed by atoms with Crippen molar-refractivity contribution in [3.8, 4) is 0 Å². The van der Waals surface area contributed by atoms with Gasteiger partial charge in [0.1, 0.15) is 5.82 Å². The molecule has 1 aromatic rings. The highest BCUT2D eigenvalue weighted by Crippen LogP contribution is 2.40. The Kier molecular flexibility index (Phi) is 8.49. The topological polar surface area (TPSA) is 0 Å². The van der Waals surface area contributed by atoms with Crippen molar-refractivity contribution in [1.29, 1.82) is 0 Å². The third kappa shape index (κ3) is 6.48. The van der Waals surface area contributed by atoms with Crippen LogP contribution in [0.3, 0.4) is 0 Å². The van der Waals surface area contributed by atoms with Gasteiger partial charge in [0.05, 0.1) is 5.02 Å². The third-order valence-electron chi connectivity index (χ3n) is 7.43. The zero-order chi connectivity index (χ0) is 19.1. The van der Waals surface area contributed by atoms with Crippen LogP contribution in [0.4, 0.5) is 4.39 Å². The van der Waals surface area contributed by atoms with Crippen LogP contribution in [0.25, 0.3) is 0 Å². The predicted octanol–water partition coefficient (Wildman–Crippen LogP) is 8.92. The maximum absolute atomic E-state index is 13.7. The lowest BCUT2D eigenvalue weighted by Gasteiger charge is -2.32. The molecule has 0 atom stereocenters. The molecule has 0 amide bonds. The maximum Gasteiger partial charge on any atom is 0.142 e. The summed E-state index contributed by atoms with van der Waals surface area (Å²) in [7, 11) is 0. The summed E-state index contributed by atoms with van der Waals surface area (Å²) in [4.78, 5) is 0. The van der Waals surface area contributed by atoms with Crippen molar-refractivity contribution in [3.05, 3.63) is 34.6 Å². The van der Waals surface area contributed by atoms with Gasteiger partial charge in [-0.2, -0.15) is 0 Å². The molecule has 2 saturated carbocycles. The average Bonchev–Trinajstić information content (AvgIpc) is 2.70. The van der Waals surface area contributed by atoms with E-state index in [2.05, 4.69) is 6.92 Å². The smallest absolute Gasteiger partial charge is 0.142 e. The van der Waals surface area contributed by atoms with E-state index in [0.717, 1.165) is 23.3 Å². The molecular formula is C25H38ClF. The summed E-state index contributed by atoms with van der Waals surface area (Å²) in [5.74, 6) is 3.20. The van der Waals surface area contributed by atoms with Gasteiger partial charge in [0.2, 0.25) is 0 Å². The van der Waals surface area contributed by atoms with E-state index in [1.54, 1.807) is 12.1 Å². The molecule has 3 rings (SSSR count). The van der Waals surface area contributed by atoms with Gasteiger partial charge in [-0.05, 0) is 67.1 Å². The van der Waals surface area contributed by atoms with E-state index in [1.165, 1.54) is 89.9 Å². The first-order valence-corrected chi connectivity index (χ1v) is 12.0. The fourth-order valence-electron chi connectivity index (χ4n) is 5.51. The molecule has 0 spiro atoms. The average molecular weight is 393 g/mol. The van der Waals surface area contributed by atoms with Crippen LogP contribution in [-0.4, -0.2) is 0 Å². The highest BCUT2D eigenvalue weighted by molar-refractivity contribution is 6.30. The maximum atomic E-state index is 13.7. The summed E-state index contributed by atoms with van der Waals surface area (Å²) in [6, 6.07) is 5.40. The molecule has 0 radical (unpaired) electrons. The summed E-state index contributed by atoms with van der Waals surface area (Å²) >= 11 is 5.82. The summed E-state index contributed by atoms with van der Waals surface area (Å²) < 4.78 is 13.7. The van der Waals surface area contributed by atoms with Gasteiger partial charge in [0.25, 0.3) is 0 Å². The van der Waals surface area contributed by atoms with E-state index in [4.69, 9.17) is 11.6 Å². The largest absolute Gasteiger partial charge is 0.205 e. The number of unbranched alkanes of at least 4 members (excludes halogenated alkanes) is 2. The quantitative estimate of drug-likeness (QED) is 0.387. The Morgan fingerprint density at radius 3 is 1.93 bits per heavy atom. The minimum absolute atomic E-state index is 0.243. The van der Waals surface area contributed by atoms with Crippen LogP contribution in [0, 0.1) is 23.6 Å². The minimum Gasteiger partial charge on any atom is -0.205 e. The predicted molar refractivity (Wildman–Crippen MR) is 115 cm³/mol. The second kappa shape index (κ2) is 10.8. The zero-order valence-corrected chi connectivity index (χ0v) is 18.0. The third-order valence-corrected chi connectivity index (χ3v) is 7.73. The Labute approximate surface area is 171 Å². The molecule has 0 bridgehead atoms. The first kappa shape index (κ1) is 21.2. The van der Waals surface area contributed by atoms with E-state index in [-0.39, 0.29) is 10.8 Å². The van der Waals surface area contributed by atoms with Gasteiger partial charge >= 0.3 is 0 Å². The standard InChI is InChI=1S/C25H38ClF/c1-2-3-4-5-19-6-8-20(9-7-19)10-11-21-12-14-22(15-13-21)23-16-17-24(26)25(27)18-23/h16-22H,2-15H2,1H3/t19-,20-,21-,22-. The van der Waals surface area contributed by atoms with Crippen LogP contribution < -0.4 is 0 Å². The number of hydrogen-bond acceptors (Lipinski definition) is 0.